The Bertz CT molecular complexity index is 474. The van der Waals surface area contributed by atoms with E-state index < -0.39 is 6.10 Å². The molecule has 0 spiro atoms. The van der Waals surface area contributed by atoms with Gasteiger partial charge in [0, 0.05) is 17.5 Å². The van der Waals surface area contributed by atoms with Crippen molar-refractivity contribution in [3.05, 3.63) is 35.9 Å². The third kappa shape index (κ3) is 4.65. The van der Waals surface area contributed by atoms with Crippen LogP contribution in [0, 0.1) is 0 Å². The lowest BCUT2D eigenvalue weighted by atomic mass is 9.95. The van der Waals surface area contributed by atoms with Crippen LogP contribution in [-0.4, -0.2) is 21.9 Å². The fourth-order valence-electron chi connectivity index (χ4n) is 2.58. The molecule has 0 aromatic heterocycles. The normalized spacial score (nSPS) is 14.2. The van der Waals surface area contributed by atoms with Crippen LogP contribution >= 0.6 is 0 Å². The van der Waals surface area contributed by atoms with Gasteiger partial charge in [0.25, 0.3) is 0 Å². The second kappa shape index (κ2) is 7.38. The number of carbonyl (C=O) groups is 1. The zero-order valence-corrected chi connectivity index (χ0v) is 15.1. The maximum absolute atomic E-state index is 12.4. The molecule has 0 amide bonds. The van der Waals surface area contributed by atoms with E-state index in [0.29, 0.717) is 6.42 Å². The first-order valence-electron chi connectivity index (χ1n) is 8.18. The monoisotopic (exact) mass is 305 g/mol. The zero-order valence-electron chi connectivity index (χ0n) is 15.1. The summed E-state index contributed by atoms with van der Waals surface area (Å²) in [6, 6.07) is 9.76. The molecule has 3 nitrogen and oxygen atoms in total. The average molecular weight is 305 g/mol. The third-order valence-electron chi connectivity index (χ3n) is 3.98. The number of hydrogen-bond acceptors (Lipinski definition) is 3. The molecule has 0 aliphatic carbocycles. The molecule has 0 saturated carbocycles. The highest BCUT2D eigenvalue weighted by Crippen LogP contribution is 2.33. The van der Waals surface area contributed by atoms with Crippen LogP contribution in [0.3, 0.4) is 0 Å². The number of nitrogens with zero attached hydrogens (tertiary/aromatic N) is 1. The SMILES string of the molecule is CCC(=O)C(ON(C(C)(C)C)C(C)(C)CC)c1ccccc1. The maximum atomic E-state index is 12.4. The van der Waals surface area contributed by atoms with Crippen molar-refractivity contribution in [3.8, 4) is 0 Å². The van der Waals surface area contributed by atoms with Gasteiger partial charge in [0.15, 0.2) is 11.9 Å². The van der Waals surface area contributed by atoms with Gasteiger partial charge >= 0.3 is 0 Å². The van der Waals surface area contributed by atoms with Gasteiger partial charge in [0.05, 0.1) is 0 Å². The maximum Gasteiger partial charge on any atom is 0.167 e. The molecule has 0 aliphatic heterocycles. The first-order chi connectivity index (χ1) is 10.1. The Hall–Kier alpha value is -1.19. The van der Waals surface area contributed by atoms with Crippen LogP contribution in [0.4, 0.5) is 0 Å². The molecule has 1 atom stereocenters. The molecular weight excluding hydrogens is 274 g/mol. The smallest absolute Gasteiger partial charge is 0.167 e. The average Bonchev–Trinajstić information content (AvgIpc) is 2.46. The quantitative estimate of drug-likeness (QED) is 0.669. The van der Waals surface area contributed by atoms with Crippen molar-refractivity contribution in [1.82, 2.24) is 5.06 Å². The second-order valence-electron chi connectivity index (χ2n) is 7.35. The van der Waals surface area contributed by atoms with Crippen molar-refractivity contribution in [2.45, 2.75) is 78.5 Å². The predicted octanol–water partition coefficient (Wildman–Crippen LogP) is 4.93. The topological polar surface area (TPSA) is 29.5 Å². The van der Waals surface area contributed by atoms with E-state index in [9.17, 15) is 4.79 Å². The van der Waals surface area contributed by atoms with E-state index in [4.69, 9.17) is 4.84 Å². The summed E-state index contributed by atoms with van der Waals surface area (Å²) in [6.07, 6.45) is 0.854. The molecule has 3 heteroatoms. The summed E-state index contributed by atoms with van der Waals surface area (Å²) < 4.78 is 0. The second-order valence-corrected chi connectivity index (χ2v) is 7.35. The summed E-state index contributed by atoms with van der Waals surface area (Å²) in [5.74, 6) is 0.104. The molecule has 0 fully saturated rings. The Labute approximate surface area is 135 Å². The van der Waals surface area contributed by atoms with Gasteiger partial charge in [-0.3, -0.25) is 9.63 Å². The van der Waals surface area contributed by atoms with Crippen LogP contribution in [0.25, 0.3) is 0 Å². The van der Waals surface area contributed by atoms with E-state index in [0.717, 1.165) is 12.0 Å². The lowest BCUT2D eigenvalue weighted by molar-refractivity contribution is -0.284. The molecule has 0 aliphatic rings. The van der Waals surface area contributed by atoms with Gasteiger partial charge in [0.2, 0.25) is 0 Å². The summed E-state index contributed by atoms with van der Waals surface area (Å²) in [5, 5.41) is 1.99. The Morgan fingerprint density at radius 2 is 1.64 bits per heavy atom. The molecule has 0 radical (unpaired) electrons. The van der Waals surface area contributed by atoms with E-state index in [-0.39, 0.29) is 16.9 Å². The minimum atomic E-state index is -0.545. The van der Waals surface area contributed by atoms with Gasteiger partial charge < -0.3 is 0 Å². The van der Waals surface area contributed by atoms with Crippen molar-refractivity contribution in [1.29, 1.82) is 0 Å². The summed E-state index contributed by atoms with van der Waals surface area (Å²) in [4.78, 5) is 18.7. The van der Waals surface area contributed by atoms with Crippen molar-refractivity contribution < 1.29 is 9.63 Å². The van der Waals surface area contributed by atoms with Crippen LogP contribution in [0.15, 0.2) is 30.3 Å². The predicted molar refractivity (Wildman–Crippen MR) is 91.5 cm³/mol. The third-order valence-corrected chi connectivity index (χ3v) is 3.98. The van der Waals surface area contributed by atoms with Gasteiger partial charge in [-0.15, -0.1) is 0 Å². The van der Waals surface area contributed by atoms with Crippen LogP contribution in [0.2, 0.25) is 0 Å². The molecule has 1 rings (SSSR count). The summed E-state index contributed by atoms with van der Waals surface area (Å²) >= 11 is 0. The van der Waals surface area contributed by atoms with Gasteiger partial charge in [-0.25, -0.2) is 0 Å². The highest BCUT2D eigenvalue weighted by molar-refractivity contribution is 5.84. The summed E-state index contributed by atoms with van der Waals surface area (Å²) in [7, 11) is 0. The standard InChI is InChI=1S/C19H31NO2/c1-8-16(21)17(15-13-11-10-12-14-15)22-20(18(3,4)5)19(6,7)9-2/h10-14,17H,8-9H2,1-7H3. The molecule has 0 bridgehead atoms. The molecule has 0 N–H and O–H groups in total. The largest absolute Gasteiger partial charge is 0.296 e. The minimum absolute atomic E-state index is 0.104. The number of carbonyl (C=O) groups excluding carboxylic acids is 1. The number of hydrogen-bond donors (Lipinski definition) is 0. The van der Waals surface area contributed by atoms with Gasteiger partial charge in [-0.1, -0.05) is 44.2 Å². The highest BCUT2D eigenvalue weighted by atomic mass is 16.7. The lowest BCUT2D eigenvalue weighted by Gasteiger charge is -2.46. The van der Waals surface area contributed by atoms with Crippen molar-refractivity contribution >= 4 is 5.78 Å². The number of hydroxylamine groups is 2. The Kier molecular flexibility index (Phi) is 6.33. The van der Waals surface area contributed by atoms with Crippen molar-refractivity contribution in [3.63, 3.8) is 0 Å². The highest BCUT2D eigenvalue weighted by Gasteiger charge is 2.38. The molecule has 22 heavy (non-hydrogen) atoms. The van der Waals surface area contributed by atoms with Crippen molar-refractivity contribution in [2.75, 3.05) is 0 Å². The van der Waals surface area contributed by atoms with Gasteiger partial charge in [-0.2, -0.15) is 5.06 Å². The fourth-order valence-corrected chi connectivity index (χ4v) is 2.58. The molecule has 1 aromatic rings. The Balaban J connectivity index is 3.17. The molecule has 0 heterocycles. The van der Waals surface area contributed by atoms with Crippen molar-refractivity contribution in [2.24, 2.45) is 0 Å². The molecule has 1 aromatic carbocycles. The minimum Gasteiger partial charge on any atom is -0.296 e. The summed E-state index contributed by atoms with van der Waals surface area (Å²) in [5.41, 5.74) is 0.565. The summed E-state index contributed by atoms with van der Waals surface area (Å²) in [6.45, 7) is 14.7. The van der Waals surface area contributed by atoms with Crippen LogP contribution < -0.4 is 0 Å². The molecule has 0 saturated heterocycles. The number of ketones is 1. The number of rotatable bonds is 7. The Morgan fingerprint density at radius 3 is 2.05 bits per heavy atom. The molecule has 1 unspecified atom stereocenters. The molecule has 124 valence electrons. The first kappa shape index (κ1) is 18.9. The van der Waals surface area contributed by atoms with Gasteiger partial charge in [-0.05, 0) is 46.6 Å². The van der Waals surface area contributed by atoms with E-state index in [2.05, 4.69) is 41.5 Å². The van der Waals surface area contributed by atoms with E-state index in [1.807, 2.05) is 42.3 Å². The van der Waals surface area contributed by atoms with Crippen LogP contribution in [0.1, 0.15) is 73.0 Å². The number of benzene rings is 1. The van der Waals surface area contributed by atoms with E-state index in [1.165, 1.54) is 0 Å². The van der Waals surface area contributed by atoms with Crippen LogP contribution in [0.5, 0.6) is 0 Å². The zero-order chi connectivity index (χ0) is 17.0. The molecular formula is C19H31NO2. The lowest BCUT2D eigenvalue weighted by Crippen LogP contribution is -2.54. The first-order valence-corrected chi connectivity index (χ1v) is 8.18. The van der Waals surface area contributed by atoms with Gasteiger partial charge in [0.1, 0.15) is 0 Å². The van der Waals surface area contributed by atoms with Crippen LogP contribution in [-0.2, 0) is 9.63 Å². The fraction of sp³-hybridized carbons (Fsp3) is 0.632. The number of Topliss-reactive ketones (excluding diaryl/α,β-unsaturated/α-hetero) is 1. The van der Waals surface area contributed by atoms with E-state index >= 15 is 0 Å². The van der Waals surface area contributed by atoms with E-state index in [1.54, 1.807) is 0 Å². The Morgan fingerprint density at radius 1 is 1.09 bits per heavy atom.